The summed E-state index contributed by atoms with van der Waals surface area (Å²) in [4.78, 5) is 21.0. The molecule has 0 bridgehead atoms. The Bertz CT molecular complexity index is 286. The minimum atomic E-state index is -1.06. The largest absolute Gasteiger partial charge is 0.481 e. The molecule has 0 rings (SSSR count). The van der Waals surface area contributed by atoms with E-state index in [4.69, 9.17) is 14.9 Å². The molecule has 0 fully saturated rings. The van der Waals surface area contributed by atoms with Crippen LogP contribution in [0.3, 0.4) is 0 Å². The Kier molecular flexibility index (Phi) is 9.06. The molecule has 1 unspecified atom stereocenters. The third-order valence-electron chi connectivity index (χ3n) is 2.41. The molecule has 0 aromatic rings. The summed E-state index contributed by atoms with van der Waals surface area (Å²) in [5.41, 5.74) is 0. The second kappa shape index (κ2) is 9.68. The second-order valence-electron chi connectivity index (χ2n) is 4.28. The van der Waals surface area contributed by atoms with Gasteiger partial charge in [0.25, 0.3) is 0 Å². The third kappa shape index (κ3) is 9.37. The van der Waals surface area contributed by atoms with E-state index in [0.29, 0.717) is 0 Å². The van der Waals surface area contributed by atoms with Crippen molar-refractivity contribution in [2.75, 3.05) is 26.8 Å². The predicted octanol–water partition coefficient (Wildman–Crippen LogP) is -1.51. The summed E-state index contributed by atoms with van der Waals surface area (Å²) in [6.45, 7) is 2.24. The number of aliphatic carboxylic acids is 2. The number of aliphatic hydroxyl groups excluding tert-OH is 1. The van der Waals surface area contributed by atoms with E-state index in [1.165, 1.54) is 7.05 Å². The van der Waals surface area contributed by atoms with Crippen molar-refractivity contribution in [3.8, 4) is 0 Å². The zero-order valence-electron chi connectivity index (χ0n) is 11.1. The van der Waals surface area contributed by atoms with Gasteiger partial charge in [-0.05, 0) is 14.0 Å². The average Bonchev–Trinajstić information content (AvgIpc) is 2.30. The molecule has 112 valence electrons. The van der Waals surface area contributed by atoms with Crippen LogP contribution in [0.25, 0.3) is 0 Å². The second-order valence-corrected chi connectivity index (χ2v) is 4.28. The van der Waals surface area contributed by atoms with Gasteiger partial charge in [-0.1, -0.05) is 0 Å². The number of carboxylic acids is 2. The summed E-state index contributed by atoms with van der Waals surface area (Å²) >= 11 is 0. The van der Waals surface area contributed by atoms with Gasteiger partial charge in [0.05, 0.1) is 25.7 Å². The quantitative estimate of drug-likeness (QED) is 0.308. The topological polar surface area (TPSA) is 128 Å². The van der Waals surface area contributed by atoms with Crippen LogP contribution in [0, 0.1) is 0 Å². The van der Waals surface area contributed by atoms with Crippen LogP contribution in [-0.2, 0) is 14.3 Å². The van der Waals surface area contributed by atoms with Crippen molar-refractivity contribution in [3.05, 3.63) is 0 Å². The molecule has 0 aliphatic rings. The molecule has 0 radical (unpaired) electrons. The Labute approximate surface area is 111 Å². The number of nitrogens with one attached hydrogen (secondary N) is 2. The van der Waals surface area contributed by atoms with Gasteiger partial charge in [-0.2, -0.15) is 0 Å². The van der Waals surface area contributed by atoms with Crippen LogP contribution in [0.4, 0.5) is 0 Å². The smallest absolute Gasteiger partial charge is 0.323 e. The molecule has 0 aromatic heterocycles. The van der Waals surface area contributed by atoms with Gasteiger partial charge in [0, 0.05) is 12.6 Å². The molecule has 8 heteroatoms. The first-order valence-corrected chi connectivity index (χ1v) is 5.97. The summed E-state index contributed by atoms with van der Waals surface area (Å²) < 4.78 is 5.22. The van der Waals surface area contributed by atoms with E-state index in [-0.39, 0.29) is 32.2 Å². The van der Waals surface area contributed by atoms with Gasteiger partial charge in [0.15, 0.2) is 0 Å². The van der Waals surface area contributed by atoms with Crippen molar-refractivity contribution >= 4 is 11.9 Å². The van der Waals surface area contributed by atoms with Gasteiger partial charge in [-0.15, -0.1) is 0 Å². The Morgan fingerprint density at radius 3 is 2.37 bits per heavy atom. The number of hydrogen-bond donors (Lipinski definition) is 5. The SMILES string of the molecule is CN[C@H](COCC(C)NC[C@@H](O)CC(=O)O)C(=O)O. The molecule has 0 aliphatic heterocycles. The van der Waals surface area contributed by atoms with Crippen LogP contribution < -0.4 is 10.6 Å². The van der Waals surface area contributed by atoms with Gasteiger partial charge in [0.2, 0.25) is 0 Å². The maximum absolute atomic E-state index is 10.7. The fourth-order valence-electron chi connectivity index (χ4n) is 1.31. The van der Waals surface area contributed by atoms with Crippen molar-refractivity contribution in [1.82, 2.24) is 10.6 Å². The zero-order chi connectivity index (χ0) is 14.8. The number of carboxylic acid groups (broad SMARTS) is 2. The van der Waals surface area contributed by atoms with Crippen molar-refractivity contribution in [1.29, 1.82) is 0 Å². The summed E-state index contributed by atoms with van der Waals surface area (Å²) in [6.07, 6.45) is -1.27. The third-order valence-corrected chi connectivity index (χ3v) is 2.41. The van der Waals surface area contributed by atoms with Gasteiger partial charge in [0.1, 0.15) is 6.04 Å². The number of ether oxygens (including phenoxy) is 1. The number of carbonyl (C=O) groups is 2. The van der Waals surface area contributed by atoms with Crippen LogP contribution in [0.1, 0.15) is 13.3 Å². The lowest BCUT2D eigenvalue weighted by molar-refractivity contribution is -0.141. The molecular weight excluding hydrogens is 256 g/mol. The van der Waals surface area contributed by atoms with Gasteiger partial charge in [-0.3, -0.25) is 9.59 Å². The summed E-state index contributed by atoms with van der Waals surface area (Å²) in [6, 6.07) is -0.875. The highest BCUT2D eigenvalue weighted by Crippen LogP contribution is 1.93. The molecule has 19 heavy (non-hydrogen) atoms. The van der Waals surface area contributed by atoms with E-state index in [1.807, 2.05) is 0 Å². The van der Waals surface area contributed by atoms with Crippen LogP contribution in [0.5, 0.6) is 0 Å². The molecule has 0 saturated heterocycles. The molecular formula is C11H22N2O6. The lowest BCUT2D eigenvalue weighted by Gasteiger charge is -2.18. The molecule has 0 spiro atoms. The Hall–Kier alpha value is -1.22. The van der Waals surface area contributed by atoms with Crippen LogP contribution in [0.2, 0.25) is 0 Å². The lowest BCUT2D eigenvalue weighted by atomic mass is 10.2. The van der Waals surface area contributed by atoms with Crippen LogP contribution >= 0.6 is 0 Å². The first kappa shape index (κ1) is 17.8. The van der Waals surface area contributed by atoms with E-state index >= 15 is 0 Å². The summed E-state index contributed by atoms with van der Waals surface area (Å²) in [5.74, 6) is -2.04. The highest BCUT2D eigenvalue weighted by Gasteiger charge is 2.15. The van der Waals surface area contributed by atoms with E-state index in [9.17, 15) is 14.7 Å². The average molecular weight is 278 g/mol. The molecule has 0 aliphatic carbocycles. The predicted molar refractivity (Wildman–Crippen MR) is 67.0 cm³/mol. The fourth-order valence-corrected chi connectivity index (χ4v) is 1.31. The summed E-state index contributed by atoms with van der Waals surface area (Å²) in [7, 11) is 1.53. The highest BCUT2D eigenvalue weighted by molar-refractivity contribution is 5.73. The van der Waals surface area contributed by atoms with Gasteiger partial charge in [-0.25, -0.2) is 0 Å². The number of likely N-dealkylation sites (N-methyl/N-ethyl adjacent to an activating group) is 1. The van der Waals surface area contributed by atoms with E-state index in [2.05, 4.69) is 10.6 Å². The highest BCUT2D eigenvalue weighted by atomic mass is 16.5. The van der Waals surface area contributed by atoms with E-state index < -0.39 is 24.1 Å². The lowest BCUT2D eigenvalue weighted by Crippen LogP contribution is -2.41. The molecule has 8 nitrogen and oxygen atoms in total. The van der Waals surface area contributed by atoms with Gasteiger partial charge < -0.3 is 30.7 Å². The minimum absolute atomic E-state index is 0.0372. The molecule has 5 N–H and O–H groups in total. The van der Waals surface area contributed by atoms with E-state index in [0.717, 1.165) is 0 Å². The first-order chi connectivity index (χ1) is 8.86. The molecule has 3 atom stereocenters. The maximum Gasteiger partial charge on any atom is 0.323 e. The number of aliphatic hydroxyl groups is 1. The van der Waals surface area contributed by atoms with Crippen molar-refractivity contribution in [3.63, 3.8) is 0 Å². The van der Waals surface area contributed by atoms with Gasteiger partial charge >= 0.3 is 11.9 Å². The Morgan fingerprint density at radius 2 is 1.89 bits per heavy atom. The Balaban J connectivity index is 3.72. The monoisotopic (exact) mass is 278 g/mol. The fraction of sp³-hybridized carbons (Fsp3) is 0.818. The van der Waals surface area contributed by atoms with Crippen molar-refractivity contribution in [2.24, 2.45) is 0 Å². The van der Waals surface area contributed by atoms with Crippen LogP contribution in [-0.4, -0.2) is 72.3 Å². The maximum atomic E-state index is 10.7. The molecule has 0 heterocycles. The zero-order valence-corrected chi connectivity index (χ0v) is 11.1. The molecule has 0 aromatic carbocycles. The number of hydrogen-bond acceptors (Lipinski definition) is 6. The number of rotatable bonds is 11. The van der Waals surface area contributed by atoms with Crippen molar-refractivity contribution < 1.29 is 29.6 Å². The summed E-state index contributed by atoms with van der Waals surface area (Å²) in [5, 5.41) is 32.0. The standard InChI is InChI=1S/C11H22N2O6/c1-7(13-4-8(14)3-10(15)16)5-19-6-9(12-2)11(17)18/h7-9,12-14H,3-6H2,1-2H3,(H,15,16)(H,17,18)/t7?,8-,9+/m0/s1. The first-order valence-electron chi connectivity index (χ1n) is 5.97. The molecule has 0 amide bonds. The van der Waals surface area contributed by atoms with Crippen LogP contribution in [0.15, 0.2) is 0 Å². The Morgan fingerprint density at radius 1 is 1.26 bits per heavy atom. The normalized spacial score (nSPS) is 15.7. The van der Waals surface area contributed by atoms with Crippen molar-refractivity contribution in [2.45, 2.75) is 31.5 Å². The molecule has 0 saturated carbocycles. The minimum Gasteiger partial charge on any atom is -0.481 e. The van der Waals surface area contributed by atoms with E-state index in [1.54, 1.807) is 6.92 Å².